The molecule has 1 aromatic heterocycles. The largest absolute Gasteiger partial charge is 0.354 e. The van der Waals surface area contributed by atoms with Crippen molar-refractivity contribution in [1.82, 2.24) is 9.97 Å². The number of nitrogens with zero attached hydrogens (tertiary/aromatic N) is 4. The van der Waals surface area contributed by atoms with Crippen LogP contribution in [0.4, 0.5) is 5.82 Å². The molecule has 1 aliphatic rings. The summed E-state index contributed by atoms with van der Waals surface area (Å²) in [6.45, 7) is 6.56. The third-order valence-corrected chi connectivity index (χ3v) is 3.80. The molecule has 0 amide bonds. The molecule has 18 heavy (non-hydrogen) atoms. The number of aromatic nitrogens is 2. The maximum absolute atomic E-state index is 9.08. The fourth-order valence-electron chi connectivity index (χ4n) is 2.64. The van der Waals surface area contributed by atoms with E-state index in [2.05, 4.69) is 34.8 Å². The summed E-state index contributed by atoms with van der Waals surface area (Å²) >= 11 is 0. The van der Waals surface area contributed by atoms with E-state index >= 15 is 0 Å². The van der Waals surface area contributed by atoms with Crippen LogP contribution in [0.5, 0.6) is 0 Å². The summed E-state index contributed by atoms with van der Waals surface area (Å²) in [4.78, 5) is 10.6. The van der Waals surface area contributed by atoms with Gasteiger partial charge in [0.15, 0.2) is 11.5 Å². The third-order valence-electron chi connectivity index (χ3n) is 3.80. The Kier molecular flexibility index (Phi) is 4.14. The molecule has 4 nitrogen and oxygen atoms in total. The molecule has 0 bridgehead atoms. The number of nitriles is 1. The Bertz CT molecular complexity index is 436. The number of anilines is 1. The second-order valence-electron chi connectivity index (χ2n) is 5.26. The van der Waals surface area contributed by atoms with E-state index in [1.807, 2.05) is 0 Å². The highest BCUT2D eigenvalue weighted by Gasteiger charge is 2.21. The van der Waals surface area contributed by atoms with Crippen molar-refractivity contribution in [1.29, 1.82) is 5.26 Å². The van der Waals surface area contributed by atoms with Crippen LogP contribution in [0.2, 0.25) is 0 Å². The van der Waals surface area contributed by atoms with Crippen LogP contribution in [0, 0.1) is 23.2 Å². The average Bonchev–Trinajstić information content (AvgIpc) is 2.64. The van der Waals surface area contributed by atoms with Gasteiger partial charge in [-0.1, -0.05) is 13.8 Å². The second-order valence-corrected chi connectivity index (χ2v) is 5.26. The lowest BCUT2D eigenvalue weighted by atomic mass is 9.89. The van der Waals surface area contributed by atoms with E-state index in [4.69, 9.17) is 5.26 Å². The van der Waals surface area contributed by atoms with Crippen molar-refractivity contribution in [3.05, 3.63) is 18.1 Å². The van der Waals surface area contributed by atoms with Crippen LogP contribution in [-0.4, -0.2) is 23.1 Å². The summed E-state index contributed by atoms with van der Waals surface area (Å²) in [5.41, 5.74) is 0.445. The predicted octanol–water partition coefficient (Wildman–Crippen LogP) is 2.61. The molecule has 0 unspecified atom stereocenters. The van der Waals surface area contributed by atoms with Gasteiger partial charge in [0.25, 0.3) is 0 Å². The summed E-state index contributed by atoms with van der Waals surface area (Å²) in [6, 6.07) is 2.13. The molecule has 2 heterocycles. The zero-order chi connectivity index (χ0) is 13.0. The maximum Gasteiger partial charge on any atom is 0.183 e. The lowest BCUT2D eigenvalue weighted by molar-refractivity contribution is 0.351. The zero-order valence-electron chi connectivity index (χ0n) is 11.1. The SMILES string of the molecule is CC(C)[C@H]1CCCN(c2nccnc2C#N)CC1. The Morgan fingerprint density at radius 3 is 2.78 bits per heavy atom. The van der Waals surface area contributed by atoms with Crippen molar-refractivity contribution in [2.24, 2.45) is 11.8 Å². The van der Waals surface area contributed by atoms with Gasteiger partial charge in [-0.25, -0.2) is 9.97 Å². The van der Waals surface area contributed by atoms with Gasteiger partial charge in [0, 0.05) is 25.5 Å². The molecule has 0 aliphatic carbocycles. The minimum atomic E-state index is 0.445. The molecule has 96 valence electrons. The van der Waals surface area contributed by atoms with Crippen LogP contribution in [0.1, 0.15) is 38.8 Å². The first-order valence-electron chi connectivity index (χ1n) is 6.68. The summed E-state index contributed by atoms with van der Waals surface area (Å²) in [7, 11) is 0. The Morgan fingerprint density at radius 1 is 1.28 bits per heavy atom. The van der Waals surface area contributed by atoms with Crippen molar-refractivity contribution < 1.29 is 0 Å². The van der Waals surface area contributed by atoms with Gasteiger partial charge in [0.05, 0.1) is 0 Å². The van der Waals surface area contributed by atoms with Crippen LogP contribution >= 0.6 is 0 Å². The van der Waals surface area contributed by atoms with Crippen LogP contribution in [0.25, 0.3) is 0 Å². The minimum absolute atomic E-state index is 0.445. The highest BCUT2D eigenvalue weighted by atomic mass is 15.2. The molecule has 0 aromatic carbocycles. The lowest BCUT2D eigenvalue weighted by Crippen LogP contribution is -2.26. The van der Waals surface area contributed by atoms with Gasteiger partial charge in [-0.05, 0) is 31.1 Å². The van der Waals surface area contributed by atoms with E-state index in [1.54, 1.807) is 12.4 Å². The summed E-state index contributed by atoms with van der Waals surface area (Å²) in [6.07, 6.45) is 6.87. The van der Waals surface area contributed by atoms with Crippen molar-refractivity contribution in [3.8, 4) is 6.07 Å². The topological polar surface area (TPSA) is 52.8 Å². The minimum Gasteiger partial charge on any atom is -0.354 e. The Morgan fingerprint density at radius 2 is 2.06 bits per heavy atom. The van der Waals surface area contributed by atoms with E-state index in [1.165, 1.54) is 19.3 Å². The van der Waals surface area contributed by atoms with Gasteiger partial charge < -0.3 is 4.90 Å². The van der Waals surface area contributed by atoms with Crippen LogP contribution in [-0.2, 0) is 0 Å². The first kappa shape index (κ1) is 12.8. The Labute approximate surface area is 109 Å². The van der Waals surface area contributed by atoms with Crippen LogP contribution < -0.4 is 4.90 Å². The number of hydrogen-bond donors (Lipinski definition) is 0. The summed E-state index contributed by atoms with van der Waals surface area (Å²) in [5.74, 6) is 2.28. The first-order chi connectivity index (χ1) is 8.72. The molecule has 4 heteroatoms. The molecule has 1 aromatic rings. The van der Waals surface area contributed by atoms with Gasteiger partial charge >= 0.3 is 0 Å². The smallest absolute Gasteiger partial charge is 0.183 e. The van der Waals surface area contributed by atoms with Crippen LogP contribution in [0.15, 0.2) is 12.4 Å². The zero-order valence-corrected chi connectivity index (χ0v) is 11.1. The van der Waals surface area contributed by atoms with Crippen LogP contribution in [0.3, 0.4) is 0 Å². The molecule has 0 radical (unpaired) electrons. The quantitative estimate of drug-likeness (QED) is 0.802. The van der Waals surface area contributed by atoms with E-state index in [0.29, 0.717) is 5.69 Å². The monoisotopic (exact) mass is 244 g/mol. The van der Waals surface area contributed by atoms with Gasteiger partial charge in [-0.2, -0.15) is 5.26 Å². The summed E-state index contributed by atoms with van der Waals surface area (Å²) < 4.78 is 0. The van der Waals surface area contributed by atoms with Crippen molar-refractivity contribution >= 4 is 5.82 Å². The van der Waals surface area contributed by atoms with Crippen molar-refractivity contribution in [3.63, 3.8) is 0 Å². The van der Waals surface area contributed by atoms with E-state index in [-0.39, 0.29) is 0 Å². The molecule has 2 rings (SSSR count). The fourth-order valence-corrected chi connectivity index (χ4v) is 2.64. The molecule has 1 atom stereocenters. The number of rotatable bonds is 2. The highest BCUT2D eigenvalue weighted by Crippen LogP contribution is 2.27. The molecule has 1 fully saturated rings. The van der Waals surface area contributed by atoms with E-state index < -0.39 is 0 Å². The fraction of sp³-hybridized carbons (Fsp3) is 0.643. The van der Waals surface area contributed by atoms with Gasteiger partial charge in [-0.15, -0.1) is 0 Å². The van der Waals surface area contributed by atoms with Gasteiger partial charge in [0.2, 0.25) is 0 Å². The normalized spacial score (nSPS) is 20.6. The molecular weight excluding hydrogens is 224 g/mol. The molecule has 0 saturated carbocycles. The maximum atomic E-state index is 9.08. The molecule has 1 saturated heterocycles. The third kappa shape index (κ3) is 2.79. The van der Waals surface area contributed by atoms with E-state index in [0.717, 1.165) is 30.7 Å². The lowest BCUT2D eigenvalue weighted by Gasteiger charge is -2.22. The van der Waals surface area contributed by atoms with Gasteiger partial charge in [-0.3, -0.25) is 0 Å². The van der Waals surface area contributed by atoms with Gasteiger partial charge in [0.1, 0.15) is 6.07 Å². The van der Waals surface area contributed by atoms with Crippen molar-refractivity contribution in [2.45, 2.75) is 33.1 Å². The standard InChI is InChI=1S/C14H20N4/c1-11(2)12-4-3-8-18(9-5-12)14-13(10-15)16-6-7-17-14/h6-7,11-12H,3-5,8-9H2,1-2H3/t12-/m0/s1. The first-order valence-corrected chi connectivity index (χ1v) is 6.68. The van der Waals surface area contributed by atoms with Crippen molar-refractivity contribution in [2.75, 3.05) is 18.0 Å². The second kappa shape index (κ2) is 5.81. The van der Waals surface area contributed by atoms with E-state index in [9.17, 15) is 0 Å². The average molecular weight is 244 g/mol. The predicted molar refractivity (Wildman–Crippen MR) is 71.1 cm³/mol. The Hall–Kier alpha value is -1.63. The molecule has 0 spiro atoms. The highest BCUT2D eigenvalue weighted by molar-refractivity contribution is 5.49. The number of hydrogen-bond acceptors (Lipinski definition) is 4. The summed E-state index contributed by atoms with van der Waals surface area (Å²) in [5, 5.41) is 9.08. The molecular formula is C14H20N4. The Balaban J connectivity index is 2.13. The molecule has 1 aliphatic heterocycles. The molecule has 0 N–H and O–H groups in total.